The Balaban J connectivity index is 3.07. The zero-order chi connectivity index (χ0) is 12.9. The highest BCUT2D eigenvalue weighted by molar-refractivity contribution is 4.57. The highest BCUT2D eigenvalue weighted by Gasteiger charge is 2.02. The molecule has 17 heavy (non-hydrogen) atoms. The van der Waals surface area contributed by atoms with Crippen LogP contribution in [-0.2, 0) is 0 Å². The largest absolute Gasteiger partial charge is 0.309 e. The van der Waals surface area contributed by atoms with Gasteiger partial charge in [-0.25, -0.2) is 0 Å². The van der Waals surface area contributed by atoms with Gasteiger partial charge in [0.05, 0.1) is 0 Å². The van der Waals surface area contributed by atoms with Gasteiger partial charge in [0.15, 0.2) is 0 Å². The average Bonchev–Trinajstić information content (AvgIpc) is 2.26. The molecule has 0 spiro atoms. The molecule has 1 heteroatoms. The fourth-order valence-electron chi connectivity index (χ4n) is 2.52. The molecule has 1 atom stereocenters. The third-order valence-electron chi connectivity index (χ3n) is 3.48. The Bertz CT molecular complexity index is 142. The Morgan fingerprint density at radius 3 is 1.71 bits per heavy atom. The lowest BCUT2D eigenvalue weighted by molar-refractivity contribution is 0.321. The first-order valence-corrected chi connectivity index (χ1v) is 7.81. The Kier molecular flexibility index (Phi) is 12.4. The van der Waals surface area contributed by atoms with Crippen LogP contribution in [0.3, 0.4) is 0 Å². The van der Waals surface area contributed by atoms with Crippen molar-refractivity contribution in [2.24, 2.45) is 5.92 Å². The van der Waals surface area contributed by atoms with Crippen LogP contribution in [0.4, 0.5) is 0 Å². The molecule has 1 nitrogen and oxygen atoms in total. The average molecular weight is 241 g/mol. The summed E-state index contributed by atoms with van der Waals surface area (Å²) in [7, 11) is 4.35. The van der Waals surface area contributed by atoms with Crippen molar-refractivity contribution < 1.29 is 0 Å². The number of hydrogen-bond donors (Lipinski definition) is 0. The molecule has 0 fully saturated rings. The first-order valence-electron chi connectivity index (χ1n) is 7.81. The molecule has 0 rings (SSSR count). The van der Waals surface area contributed by atoms with E-state index in [0.717, 1.165) is 5.92 Å². The monoisotopic (exact) mass is 241 g/mol. The maximum Gasteiger partial charge on any atom is 0.0000920 e. The third kappa shape index (κ3) is 13.9. The van der Waals surface area contributed by atoms with Gasteiger partial charge in [-0.2, -0.15) is 0 Å². The van der Waals surface area contributed by atoms with Gasteiger partial charge in [-0.15, -0.1) is 0 Å². The summed E-state index contributed by atoms with van der Waals surface area (Å²) in [5.74, 6) is 0.870. The quantitative estimate of drug-likeness (QED) is 0.429. The summed E-state index contributed by atoms with van der Waals surface area (Å²) < 4.78 is 0. The third-order valence-corrected chi connectivity index (χ3v) is 3.48. The normalized spacial score (nSPS) is 13.2. The Morgan fingerprint density at radius 2 is 1.24 bits per heavy atom. The summed E-state index contributed by atoms with van der Waals surface area (Å²) in [4.78, 5) is 2.30. The van der Waals surface area contributed by atoms with Crippen molar-refractivity contribution in [2.45, 2.75) is 78.1 Å². The van der Waals surface area contributed by atoms with E-state index in [4.69, 9.17) is 0 Å². The molecule has 104 valence electrons. The van der Waals surface area contributed by atoms with Gasteiger partial charge >= 0.3 is 0 Å². The first-order chi connectivity index (χ1) is 8.16. The molecule has 1 unspecified atom stereocenters. The van der Waals surface area contributed by atoms with E-state index < -0.39 is 0 Å². The number of nitrogens with zero attached hydrogens (tertiary/aromatic N) is 1. The molecule has 0 saturated heterocycles. The summed E-state index contributed by atoms with van der Waals surface area (Å²) >= 11 is 0. The number of unbranched alkanes of at least 4 members (excludes halogenated alkanes) is 8. The van der Waals surface area contributed by atoms with E-state index in [1.807, 2.05) is 0 Å². The molecule has 0 heterocycles. The summed E-state index contributed by atoms with van der Waals surface area (Å²) in [5.41, 5.74) is 0. The van der Waals surface area contributed by atoms with Gasteiger partial charge in [0.1, 0.15) is 0 Å². The van der Waals surface area contributed by atoms with E-state index in [2.05, 4.69) is 32.8 Å². The van der Waals surface area contributed by atoms with Crippen molar-refractivity contribution in [3.05, 3.63) is 0 Å². The van der Waals surface area contributed by atoms with E-state index in [-0.39, 0.29) is 0 Å². The second-order valence-electron chi connectivity index (χ2n) is 5.98. The van der Waals surface area contributed by atoms with Gasteiger partial charge in [-0.3, -0.25) is 0 Å². The maximum atomic E-state index is 2.38. The zero-order valence-electron chi connectivity index (χ0n) is 12.8. The van der Waals surface area contributed by atoms with Crippen molar-refractivity contribution in [1.82, 2.24) is 4.90 Å². The minimum atomic E-state index is 0.870. The lowest BCUT2D eigenvalue weighted by Gasteiger charge is -2.16. The van der Waals surface area contributed by atoms with Crippen molar-refractivity contribution in [1.29, 1.82) is 0 Å². The van der Waals surface area contributed by atoms with E-state index in [1.54, 1.807) is 0 Å². The molecular formula is C16H35N. The molecule has 0 aliphatic carbocycles. The SMILES string of the molecule is CCCCCCCCCCCC(C)CN(C)C. The van der Waals surface area contributed by atoms with Crippen molar-refractivity contribution in [3.63, 3.8) is 0 Å². The number of hydrogen-bond acceptors (Lipinski definition) is 1. The summed E-state index contributed by atoms with van der Waals surface area (Å²) in [6.45, 7) is 5.91. The van der Waals surface area contributed by atoms with Crippen LogP contribution in [0.15, 0.2) is 0 Å². The first kappa shape index (κ1) is 17.0. The van der Waals surface area contributed by atoms with Crippen molar-refractivity contribution >= 4 is 0 Å². The standard InChI is InChI=1S/C16H35N/c1-5-6-7-8-9-10-11-12-13-14-16(2)15-17(3)4/h16H,5-15H2,1-4H3. The molecule has 0 radical (unpaired) electrons. The molecule has 0 N–H and O–H groups in total. The lowest BCUT2D eigenvalue weighted by Crippen LogP contribution is -2.19. The lowest BCUT2D eigenvalue weighted by atomic mass is 10.0. The van der Waals surface area contributed by atoms with Crippen LogP contribution in [0.2, 0.25) is 0 Å². The second-order valence-corrected chi connectivity index (χ2v) is 5.98. The van der Waals surface area contributed by atoms with Crippen LogP contribution in [0.25, 0.3) is 0 Å². The molecule has 0 aromatic rings. The minimum Gasteiger partial charge on any atom is -0.309 e. The molecule has 0 aliphatic rings. The summed E-state index contributed by atoms with van der Waals surface area (Å²) in [5, 5.41) is 0. The number of rotatable bonds is 12. The molecular weight excluding hydrogens is 206 g/mol. The van der Waals surface area contributed by atoms with Crippen molar-refractivity contribution in [3.8, 4) is 0 Å². The second kappa shape index (κ2) is 12.4. The van der Waals surface area contributed by atoms with Crippen LogP contribution in [-0.4, -0.2) is 25.5 Å². The molecule has 0 saturated carbocycles. The van der Waals surface area contributed by atoms with E-state index in [1.165, 1.54) is 70.8 Å². The molecule has 0 aromatic carbocycles. The topological polar surface area (TPSA) is 3.24 Å². The van der Waals surface area contributed by atoms with E-state index in [0.29, 0.717) is 0 Å². The van der Waals surface area contributed by atoms with E-state index >= 15 is 0 Å². The van der Waals surface area contributed by atoms with Gasteiger partial charge < -0.3 is 4.90 Å². The highest BCUT2D eigenvalue weighted by atomic mass is 15.1. The van der Waals surface area contributed by atoms with Gasteiger partial charge in [-0.05, 0) is 26.4 Å². The van der Waals surface area contributed by atoms with Gasteiger partial charge in [-0.1, -0.05) is 71.6 Å². The minimum absolute atomic E-state index is 0.870. The fraction of sp³-hybridized carbons (Fsp3) is 1.00. The Morgan fingerprint density at radius 1 is 0.765 bits per heavy atom. The van der Waals surface area contributed by atoms with Gasteiger partial charge in [0, 0.05) is 6.54 Å². The summed E-state index contributed by atoms with van der Waals surface area (Å²) in [6.07, 6.45) is 14.4. The Hall–Kier alpha value is -0.0400. The Labute approximate surface area is 110 Å². The predicted octanol–water partition coefficient (Wildman–Crippen LogP) is 5.11. The van der Waals surface area contributed by atoms with Crippen LogP contribution in [0.5, 0.6) is 0 Å². The molecule has 0 aromatic heterocycles. The molecule has 0 amide bonds. The van der Waals surface area contributed by atoms with Crippen LogP contribution in [0.1, 0.15) is 78.1 Å². The molecule has 0 aliphatic heterocycles. The zero-order valence-corrected chi connectivity index (χ0v) is 12.8. The predicted molar refractivity (Wildman–Crippen MR) is 79.6 cm³/mol. The fourth-order valence-corrected chi connectivity index (χ4v) is 2.52. The smallest absolute Gasteiger partial charge is 0.0000920 e. The van der Waals surface area contributed by atoms with E-state index in [9.17, 15) is 0 Å². The van der Waals surface area contributed by atoms with Gasteiger partial charge in [0.2, 0.25) is 0 Å². The van der Waals surface area contributed by atoms with Crippen LogP contribution in [0, 0.1) is 5.92 Å². The molecule has 0 bridgehead atoms. The highest BCUT2D eigenvalue weighted by Crippen LogP contribution is 2.13. The van der Waals surface area contributed by atoms with Crippen LogP contribution >= 0.6 is 0 Å². The summed E-state index contributed by atoms with van der Waals surface area (Å²) in [6, 6.07) is 0. The van der Waals surface area contributed by atoms with Crippen LogP contribution < -0.4 is 0 Å². The van der Waals surface area contributed by atoms with Crippen molar-refractivity contribution in [2.75, 3.05) is 20.6 Å². The maximum absolute atomic E-state index is 2.38. The van der Waals surface area contributed by atoms with Gasteiger partial charge in [0.25, 0.3) is 0 Å².